The van der Waals surface area contributed by atoms with Crippen LogP contribution in [0.2, 0.25) is 0 Å². The maximum absolute atomic E-state index is 13.5. The lowest BCUT2D eigenvalue weighted by Crippen LogP contribution is -2.27. The zero-order valence-corrected chi connectivity index (χ0v) is 39.2. The molecule has 2 aliphatic carbocycles. The summed E-state index contributed by atoms with van der Waals surface area (Å²) in [5.41, 5.74) is 13.3. The standard InChI is InChI=1S/C56H62N4O2/c1-35-25-43(41(39-21-17-15-18-22-39)31-49(35)59-57-33-37-27-45(53(3,4)5)51(61)46(28-37)54(6,7)8)44-26-36(2)50(32-42(44)40-23-19-16-20-24-40)60-58-34-38-29-47(55(9,10)11)52(62)48(30-38)56(12,13)14/h15-34H,1-14H3. The third-order valence-electron chi connectivity index (χ3n) is 11.3. The van der Waals surface area contributed by atoms with Crippen molar-refractivity contribution in [3.05, 3.63) is 166 Å². The summed E-state index contributed by atoms with van der Waals surface area (Å²) >= 11 is 0. The van der Waals surface area contributed by atoms with Crippen LogP contribution in [-0.4, -0.2) is 11.6 Å². The molecule has 0 aliphatic heterocycles. The minimum atomic E-state index is -0.315. The molecule has 6 nitrogen and oxygen atoms in total. The predicted molar refractivity (Wildman–Crippen MR) is 258 cm³/mol. The van der Waals surface area contributed by atoms with Crippen LogP contribution >= 0.6 is 0 Å². The van der Waals surface area contributed by atoms with E-state index >= 15 is 0 Å². The van der Waals surface area contributed by atoms with Gasteiger partial charge in [0.1, 0.15) is 0 Å². The van der Waals surface area contributed by atoms with Gasteiger partial charge in [0.2, 0.25) is 0 Å². The molecule has 0 heterocycles. The highest BCUT2D eigenvalue weighted by Gasteiger charge is 2.35. The van der Waals surface area contributed by atoms with Crippen molar-refractivity contribution in [3.8, 4) is 33.4 Å². The van der Waals surface area contributed by atoms with Gasteiger partial charge in [0, 0.05) is 22.3 Å². The van der Waals surface area contributed by atoms with E-state index in [9.17, 15) is 9.59 Å². The Morgan fingerprint density at radius 2 is 0.694 bits per heavy atom. The zero-order valence-electron chi connectivity index (χ0n) is 39.2. The second-order valence-corrected chi connectivity index (χ2v) is 20.7. The normalized spacial score (nSPS) is 15.5. The number of rotatable bonds is 7. The fourth-order valence-corrected chi connectivity index (χ4v) is 7.76. The SMILES string of the molecule is Cc1cc(-c2cc(C)c(N=NC=C3C=C(C(C)(C)C)C(=O)C(C(C)(C)C)=C3)cc2-c2ccccc2)c(-c2ccccc2)cc1N=NC=C1C=C(C(C)(C)C)C(=O)C(C(C)(C)C)=C1. The number of aryl methyl sites for hydroxylation is 2. The number of allylic oxidation sites excluding steroid dienone is 10. The van der Waals surface area contributed by atoms with Gasteiger partial charge in [-0.05, 0) is 140 Å². The Morgan fingerprint density at radius 3 is 0.968 bits per heavy atom. The molecule has 0 saturated carbocycles. The Kier molecular flexibility index (Phi) is 12.7. The van der Waals surface area contributed by atoms with Crippen LogP contribution in [-0.2, 0) is 9.59 Å². The second-order valence-electron chi connectivity index (χ2n) is 20.7. The fraction of sp³-hybridized carbons (Fsp3) is 0.321. The van der Waals surface area contributed by atoms with Gasteiger partial charge in [-0.1, -0.05) is 144 Å². The first-order chi connectivity index (χ1) is 28.9. The minimum absolute atomic E-state index is 0.0917. The lowest BCUT2D eigenvalue weighted by atomic mass is 9.72. The number of hydrogen-bond acceptors (Lipinski definition) is 6. The van der Waals surface area contributed by atoms with Gasteiger partial charge in [-0.3, -0.25) is 9.59 Å². The molecule has 2 aliphatic rings. The molecule has 6 rings (SSSR count). The van der Waals surface area contributed by atoms with Gasteiger partial charge in [-0.2, -0.15) is 20.5 Å². The number of carbonyl (C=O) groups is 2. The molecule has 0 saturated heterocycles. The van der Waals surface area contributed by atoms with E-state index in [1.165, 1.54) is 0 Å². The summed E-state index contributed by atoms with van der Waals surface area (Å²) in [6.45, 7) is 29.0. The predicted octanol–water partition coefficient (Wildman–Crippen LogP) is 16.3. The summed E-state index contributed by atoms with van der Waals surface area (Å²) in [4.78, 5) is 27.1. The Balaban J connectivity index is 1.46. The van der Waals surface area contributed by atoms with E-state index in [4.69, 9.17) is 10.2 Å². The van der Waals surface area contributed by atoms with Gasteiger partial charge in [0.15, 0.2) is 11.6 Å². The van der Waals surface area contributed by atoms with Gasteiger partial charge >= 0.3 is 0 Å². The van der Waals surface area contributed by atoms with Gasteiger partial charge in [0.25, 0.3) is 0 Å². The molecule has 62 heavy (non-hydrogen) atoms. The number of Topliss-reactive ketones (excluding diaryl/α,β-unsaturated/α-hetero) is 2. The van der Waals surface area contributed by atoms with Gasteiger partial charge in [-0.15, -0.1) is 0 Å². The molecule has 0 fully saturated rings. The molecule has 0 unspecified atom stereocenters. The minimum Gasteiger partial charge on any atom is -0.289 e. The molecule has 0 radical (unpaired) electrons. The zero-order chi connectivity index (χ0) is 45.4. The number of carbonyl (C=O) groups excluding carboxylic acids is 2. The van der Waals surface area contributed by atoms with E-state index in [1.807, 2.05) is 36.4 Å². The molecule has 318 valence electrons. The molecule has 0 bridgehead atoms. The van der Waals surface area contributed by atoms with Crippen LogP contribution in [0.4, 0.5) is 11.4 Å². The number of benzene rings is 4. The first kappa shape index (κ1) is 45.4. The van der Waals surface area contributed by atoms with E-state index in [0.29, 0.717) is 0 Å². The highest BCUT2D eigenvalue weighted by molar-refractivity contribution is 6.12. The number of hydrogen-bond donors (Lipinski definition) is 0. The summed E-state index contributed by atoms with van der Waals surface area (Å²) < 4.78 is 0. The third-order valence-corrected chi connectivity index (χ3v) is 11.3. The summed E-state index contributed by atoms with van der Waals surface area (Å²) in [6, 6.07) is 29.4. The van der Waals surface area contributed by atoms with Crippen molar-refractivity contribution in [2.24, 2.45) is 42.1 Å². The van der Waals surface area contributed by atoms with Crippen LogP contribution in [0.3, 0.4) is 0 Å². The third kappa shape index (κ3) is 10.1. The van der Waals surface area contributed by atoms with Crippen molar-refractivity contribution in [1.29, 1.82) is 0 Å². The van der Waals surface area contributed by atoms with Crippen molar-refractivity contribution in [3.63, 3.8) is 0 Å². The van der Waals surface area contributed by atoms with Gasteiger partial charge in [0.05, 0.1) is 23.8 Å². The molecule has 6 heteroatoms. The molecule has 4 aromatic rings. The van der Waals surface area contributed by atoms with Crippen LogP contribution in [0.1, 0.15) is 94.2 Å². The highest BCUT2D eigenvalue weighted by Crippen LogP contribution is 2.45. The summed E-state index contributed by atoms with van der Waals surface area (Å²) in [7, 11) is 0. The van der Waals surface area contributed by atoms with Gasteiger partial charge in [-0.25, -0.2) is 0 Å². The topological polar surface area (TPSA) is 83.6 Å². The van der Waals surface area contributed by atoms with Crippen LogP contribution < -0.4 is 0 Å². The maximum Gasteiger partial charge on any atom is 0.186 e. The second kappa shape index (κ2) is 17.3. The summed E-state index contributed by atoms with van der Waals surface area (Å²) in [5, 5.41) is 18.8. The number of azo groups is 2. The monoisotopic (exact) mass is 822 g/mol. The van der Waals surface area contributed by atoms with Crippen LogP contribution in [0.5, 0.6) is 0 Å². The molecule has 4 aromatic carbocycles. The average Bonchev–Trinajstić information content (AvgIpc) is 3.18. The Morgan fingerprint density at radius 1 is 0.403 bits per heavy atom. The molecule has 0 spiro atoms. The molecule has 0 aromatic heterocycles. The van der Waals surface area contributed by atoms with Crippen LogP contribution in [0, 0.1) is 35.5 Å². The van der Waals surface area contributed by atoms with E-state index in [1.54, 1.807) is 12.4 Å². The summed E-state index contributed by atoms with van der Waals surface area (Å²) in [5.74, 6) is 0.183. The molecular weight excluding hydrogens is 761 g/mol. The van der Waals surface area contributed by atoms with Crippen LogP contribution in [0.25, 0.3) is 33.4 Å². The first-order valence-electron chi connectivity index (χ1n) is 21.5. The number of ketones is 2. The maximum atomic E-state index is 13.5. The van der Waals surface area contributed by atoms with Crippen molar-refractivity contribution in [1.82, 2.24) is 0 Å². The van der Waals surface area contributed by atoms with Crippen molar-refractivity contribution < 1.29 is 9.59 Å². The Labute approximate surface area is 369 Å². The molecular formula is C56H62N4O2. The number of nitrogens with zero attached hydrogens (tertiary/aromatic N) is 4. The van der Waals surface area contributed by atoms with E-state index in [0.717, 1.165) is 89.3 Å². The highest BCUT2D eigenvalue weighted by atomic mass is 16.1. The smallest absolute Gasteiger partial charge is 0.186 e. The Bertz CT molecular complexity index is 2410. The van der Waals surface area contributed by atoms with Crippen LogP contribution in [0.15, 0.2) is 176 Å². The van der Waals surface area contributed by atoms with E-state index in [2.05, 4.69) is 180 Å². The molecule has 0 N–H and O–H groups in total. The largest absolute Gasteiger partial charge is 0.289 e. The van der Waals surface area contributed by atoms with Crippen molar-refractivity contribution in [2.45, 2.75) is 96.9 Å². The average molecular weight is 823 g/mol. The Hall–Kier alpha value is -6.14. The van der Waals surface area contributed by atoms with E-state index in [-0.39, 0.29) is 33.2 Å². The lowest BCUT2D eigenvalue weighted by Gasteiger charge is -2.31. The van der Waals surface area contributed by atoms with Crippen molar-refractivity contribution >= 4 is 22.9 Å². The molecule has 0 amide bonds. The molecule has 0 atom stereocenters. The van der Waals surface area contributed by atoms with E-state index < -0.39 is 0 Å². The quantitative estimate of drug-likeness (QED) is 0.174. The fourth-order valence-electron chi connectivity index (χ4n) is 7.76. The summed E-state index contributed by atoms with van der Waals surface area (Å²) in [6.07, 6.45) is 11.3. The first-order valence-corrected chi connectivity index (χ1v) is 21.5. The van der Waals surface area contributed by atoms with Crippen molar-refractivity contribution in [2.75, 3.05) is 0 Å². The van der Waals surface area contributed by atoms with Gasteiger partial charge < -0.3 is 0 Å². The lowest BCUT2D eigenvalue weighted by molar-refractivity contribution is -0.114.